The van der Waals surface area contributed by atoms with Crippen LogP contribution >= 0.6 is 0 Å². The van der Waals surface area contributed by atoms with Gasteiger partial charge in [-0.25, -0.2) is 8.42 Å². The van der Waals surface area contributed by atoms with Crippen molar-refractivity contribution in [2.24, 2.45) is 0 Å². The Morgan fingerprint density at radius 3 is 2.11 bits per heavy atom. The van der Waals surface area contributed by atoms with Gasteiger partial charge >= 0.3 is 0 Å². The number of carbonyl (C=O) groups is 1. The summed E-state index contributed by atoms with van der Waals surface area (Å²) >= 11 is 0. The Balaban J connectivity index is 1.74. The summed E-state index contributed by atoms with van der Waals surface area (Å²) in [6, 6.07) is 11.9. The van der Waals surface area contributed by atoms with E-state index in [1.54, 1.807) is 16.4 Å². The number of nitrogens with zero attached hydrogens (tertiary/aromatic N) is 1. The number of hydrogen-bond acceptors (Lipinski definition) is 3. The molecule has 6 heteroatoms. The Labute approximate surface area is 161 Å². The molecule has 0 atom stereocenters. The minimum Gasteiger partial charge on any atom is -0.322 e. The van der Waals surface area contributed by atoms with Gasteiger partial charge in [0.15, 0.2) is 0 Å². The molecule has 0 unspecified atom stereocenters. The average molecular weight is 387 g/mol. The molecule has 0 spiro atoms. The fraction of sp³-hybridized carbons (Fsp3) is 0.381. The standard InChI is InChI=1S/C21H26N2O3S/c1-16-7-10-19(15-17(16)2)22-21(24)18-8-11-20(12-9-18)27(25,26)23-13-5-3-4-6-14-23/h7-12,15H,3-6,13-14H2,1-2H3,(H,22,24). The Kier molecular flexibility index (Phi) is 5.97. The van der Waals surface area contributed by atoms with E-state index in [-0.39, 0.29) is 10.8 Å². The molecule has 0 radical (unpaired) electrons. The third kappa shape index (κ3) is 4.57. The van der Waals surface area contributed by atoms with Crippen LogP contribution in [-0.2, 0) is 10.0 Å². The number of aryl methyl sites for hydroxylation is 2. The number of anilines is 1. The van der Waals surface area contributed by atoms with Gasteiger partial charge in [-0.2, -0.15) is 4.31 Å². The number of nitrogens with one attached hydrogen (secondary N) is 1. The minimum absolute atomic E-state index is 0.243. The molecule has 0 aromatic heterocycles. The zero-order valence-electron chi connectivity index (χ0n) is 15.9. The normalized spacial score (nSPS) is 15.9. The van der Waals surface area contributed by atoms with Gasteiger partial charge in [0.05, 0.1) is 4.90 Å². The van der Waals surface area contributed by atoms with E-state index in [9.17, 15) is 13.2 Å². The number of rotatable bonds is 4. The van der Waals surface area contributed by atoms with Gasteiger partial charge in [-0.1, -0.05) is 18.9 Å². The molecule has 2 aromatic carbocycles. The van der Waals surface area contributed by atoms with Gasteiger partial charge < -0.3 is 5.32 Å². The van der Waals surface area contributed by atoms with Crippen LogP contribution in [0.5, 0.6) is 0 Å². The molecule has 1 saturated heterocycles. The molecule has 27 heavy (non-hydrogen) atoms. The quantitative estimate of drug-likeness (QED) is 0.859. The molecule has 1 aliphatic rings. The molecule has 0 saturated carbocycles. The van der Waals surface area contributed by atoms with Crippen LogP contribution in [0.4, 0.5) is 5.69 Å². The van der Waals surface area contributed by atoms with Crippen molar-refractivity contribution in [2.75, 3.05) is 18.4 Å². The second-order valence-electron chi connectivity index (χ2n) is 7.10. The van der Waals surface area contributed by atoms with E-state index in [1.165, 1.54) is 12.1 Å². The maximum absolute atomic E-state index is 12.8. The first-order valence-electron chi connectivity index (χ1n) is 9.37. The highest BCUT2D eigenvalue weighted by atomic mass is 32.2. The lowest BCUT2D eigenvalue weighted by atomic mass is 10.1. The van der Waals surface area contributed by atoms with Crippen LogP contribution in [0.15, 0.2) is 47.4 Å². The monoisotopic (exact) mass is 386 g/mol. The minimum atomic E-state index is -3.50. The first-order valence-corrected chi connectivity index (χ1v) is 10.8. The summed E-state index contributed by atoms with van der Waals surface area (Å²) < 4.78 is 27.2. The van der Waals surface area contributed by atoms with E-state index in [0.717, 1.165) is 42.5 Å². The third-order valence-electron chi connectivity index (χ3n) is 5.08. The van der Waals surface area contributed by atoms with Crippen molar-refractivity contribution < 1.29 is 13.2 Å². The second kappa shape index (κ2) is 8.23. The molecule has 1 amide bonds. The third-order valence-corrected chi connectivity index (χ3v) is 7.00. The van der Waals surface area contributed by atoms with Crippen molar-refractivity contribution in [2.45, 2.75) is 44.4 Å². The van der Waals surface area contributed by atoms with Crippen molar-refractivity contribution in [1.82, 2.24) is 4.31 Å². The summed E-state index contributed by atoms with van der Waals surface area (Å²) in [5.74, 6) is -0.253. The van der Waals surface area contributed by atoms with Gasteiger partial charge in [-0.3, -0.25) is 4.79 Å². The molecule has 5 nitrogen and oxygen atoms in total. The summed E-state index contributed by atoms with van der Waals surface area (Å²) in [5, 5.41) is 2.86. The maximum Gasteiger partial charge on any atom is 0.255 e. The highest BCUT2D eigenvalue weighted by molar-refractivity contribution is 7.89. The molecule has 0 bridgehead atoms. The van der Waals surface area contributed by atoms with Crippen molar-refractivity contribution in [3.8, 4) is 0 Å². The highest BCUT2D eigenvalue weighted by Crippen LogP contribution is 2.21. The molecular weight excluding hydrogens is 360 g/mol. The Bertz CT molecular complexity index is 913. The van der Waals surface area contributed by atoms with E-state index in [2.05, 4.69) is 5.32 Å². The number of sulfonamides is 1. The topological polar surface area (TPSA) is 66.5 Å². The first kappa shape index (κ1) is 19.6. The van der Waals surface area contributed by atoms with E-state index in [4.69, 9.17) is 0 Å². The molecule has 0 aliphatic carbocycles. The number of hydrogen-bond donors (Lipinski definition) is 1. The van der Waals surface area contributed by atoms with Gasteiger partial charge in [0, 0.05) is 24.3 Å². The van der Waals surface area contributed by atoms with Crippen LogP contribution in [0.3, 0.4) is 0 Å². The zero-order valence-corrected chi connectivity index (χ0v) is 16.7. The van der Waals surface area contributed by atoms with E-state index in [1.807, 2.05) is 32.0 Å². The molecule has 1 aliphatic heterocycles. The van der Waals surface area contributed by atoms with Crippen LogP contribution in [0.2, 0.25) is 0 Å². The number of carbonyl (C=O) groups excluding carboxylic acids is 1. The molecule has 3 rings (SSSR count). The maximum atomic E-state index is 12.8. The van der Waals surface area contributed by atoms with E-state index >= 15 is 0 Å². The van der Waals surface area contributed by atoms with Crippen molar-refractivity contribution in [3.63, 3.8) is 0 Å². The van der Waals surface area contributed by atoms with Crippen LogP contribution in [-0.4, -0.2) is 31.7 Å². The Morgan fingerprint density at radius 2 is 1.52 bits per heavy atom. The van der Waals surface area contributed by atoms with Gasteiger partial charge in [-0.15, -0.1) is 0 Å². The summed E-state index contributed by atoms with van der Waals surface area (Å²) in [7, 11) is -3.50. The van der Waals surface area contributed by atoms with Gasteiger partial charge in [0.2, 0.25) is 10.0 Å². The Morgan fingerprint density at radius 1 is 0.889 bits per heavy atom. The highest BCUT2D eigenvalue weighted by Gasteiger charge is 2.25. The molecule has 2 aromatic rings. The van der Waals surface area contributed by atoms with Crippen LogP contribution in [0.1, 0.15) is 47.2 Å². The molecule has 144 valence electrons. The predicted octanol–water partition coefficient (Wildman–Crippen LogP) is 4.12. The summed E-state index contributed by atoms with van der Waals surface area (Å²) in [6.07, 6.45) is 3.94. The summed E-state index contributed by atoms with van der Waals surface area (Å²) in [5.41, 5.74) is 3.43. The van der Waals surface area contributed by atoms with Gasteiger partial charge in [0.25, 0.3) is 5.91 Å². The average Bonchev–Trinajstić information content (AvgIpc) is 2.95. The Hall–Kier alpha value is -2.18. The first-order chi connectivity index (χ1) is 12.9. The largest absolute Gasteiger partial charge is 0.322 e. The fourth-order valence-corrected chi connectivity index (χ4v) is 4.75. The molecule has 1 heterocycles. The lowest BCUT2D eigenvalue weighted by Gasteiger charge is -2.20. The zero-order chi connectivity index (χ0) is 19.4. The fourth-order valence-electron chi connectivity index (χ4n) is 3.23. The van der Waals surface area contributed by atoms with E-state index in [0.29, 0.717) is 18.7 Å². The molecule has 1 N–H and O–H groups in total. The summed E-state index contributed by atoms with van der Waals surface area (Å²) in [4.78, 5) is 12.7. The van der Waals surface area contributed by atoms with Gasteiger partial charge in [-0.05, 0) is 74.2 Å². The van der Waals surface area contributed by atoms with Crippen LogP contribution in [0.25, 0.3) is 0 Å². The molecule has 1 fully saturated rings. The lowest BCUT2D eigenvalue weighted by molar-refractivity contribution is 0.102. The van der Waals surface area contributed by atoms with E-state index < -0.39 is 10.0 Å². The SMILES string of the molecule is Cc1ccc(NC(=O)c2ccc(S(=O)(=O)N3CCCCCC3)cc2)cc1C. The summed E-state index contributed by atoms with van der Waals surface area (Å²) in [6.45, 7) is 5.15. The van der Waals surface area contributed by atoms with Crippen LogP contribution in [0, 0.1) is 13.8 Å². The second-order valence-corrected chi connectivity index (χ2v) is 9.03. The molecular formula is C21H26N2O3S. The van der Waals surface area contributed by atoms with Gasteiger partial charge in [0.1, 0.15) is 0 Å². The van der Waals surface area contributed by atoms with Crippen molar-refractivity contribution in [1.29, 1.82) is 0 Å². The van der Waals surface area contributed by atoms with Crippen LogP contribution < -0.4 is 5.32 Å². The predicted molar refractivity (Wildman–Crippen MR) is 108 cm³/mol. The number of benzene rings is 2. The van der Waals surface area contributed by atoms with Crippen molar-refractivity contribution in [3.05, 3.63) is 59.2 Å². The van der Waals surface area contributed by atoms with Crippen molar-refractivity contribution >= 4 is 21.6 Å². The lowest BCUT2D eigenvalue weighted by Crippen LogP contribution is -2.31. The number of amides is 1. The smallest absolute Gasteiger partial charge is 0.255 e.